The summed E-state index contributed by atoms with van der Waals surface area (Å²) in [6, 6.07) is 1.39. The number of hydrogen-bond acceptors (Lipinski definition) is 8. The second-order valence-electron chi connectivity index (χ2n) is 4.14. The lowest BCUT2D eigenvalue weighted by Gasteiger charge is -2.11. The molecule has 0 bridgehead atoms. The molecule has 0 unspecified atom stereocenters. The fraction of sp³-hybridized carbons (Fsp3) is 0.429. The van der Waals surface area contributed by atoms with E-state index in [4.69, 9.17) is 4.74 Å². The van der Waals surface area contributed by atoms with Gasteiger partial charge in [-0.15, -0.1) is 0 Å². The minimum atomic E-state index is -0.596. The van der Waals surface area contributed by atoms with Crippen molar-refractivity contribution < 1.29 is 28.6 Å². The Labute approximate surface area is 127 Å². The maximum absolute atomic E-state index is 11.7. The van der Waals surface area contributed by atoms with Crippen LogP contribution in [0.25, 0.3) is 0 Å². The van der Waals surface area contributed by atoms with Crippen LogP contribution in [-0.2, 0) is 19.1 Å². The van der Waals surface area contributed by atoms with Gasteiger partial charge in [-0.3, -0.25) is 9.59 Å². The van der Waals surface area contributed by atoms with Crippen molar-refractivity contribution in [3.63, 3.8) is 0 Å². The number of anilines is 1. The minimum absolute atomic E-state index is 0.142. The van der Waals surface area contributed by atoms with Crippen molar-refractivity contribution in [1.82, 2.24) is 4.98 Å². The molecule has 0 aliphatic rings. The topological polar surface area (TPSA) is 104 Å². The van der Waals surface area contributed by atoms with Crippen LogP contribution in [0.1, 0.15) is 23.7 Å². The van der Waals surface area contributed by atoms with Gasteiger partial charge in [0.05, 0.1) is 44.8 Å². The van der Waals surface area contributed by atoms with Crippen molar-refractivity contribution in [3.8, 4) is 5.88 Å². The van der Waals surface area contributed by atoms with Crippen LogP contribution >= 0.6 is 0 Å². The van der Waals surface area contributed by atoms with Gasteiger partial charge in [0, 0.05) is 6.07 Å². The lowest BCUT2D eigenvalue weighted by molar-refractivity contribution is -0.145. The quantitative estimate of drug-likeness (QED) is 0.555. The van der Waals surface area contributed by atoms with Gasteiger partial charge in [0.25, 0.3) is 0 Å². The highest BCUT2D eigenvalue weighted by atomic mass is 16.5. The Morgan fingerprint density at radius 2 is 2.00 bits per heavy atom. The van der Waals surface area contributed by atoms with Crippen LogP contribution in [-0.4, -0.2) is 50.1 Å². The van der Waals surface area contributed by atoms with Gasteiger partial charge < -0.3 is 19.5 Å². The second-order valence-corrected chi connectivity index (χ2v) is 4.14. The van der Waals surface area contributed by atoms with Crippen molar-refractivity contribution in [1.29, 1.82) is 0 Å². The third kappa shape index (κ3) is 5.04. The highest BCUT2D eigenvalue weighted by Crippen LogP contribution is 2.20. The average molecular weight is 310 g/mol. The zero-order chi connectivity index (χ0) is 16.5. The Bertz CT molecular complexity index is 558. The number of ether oxygens (including phenoxy) is 3. The van der Waals surface area contributed by atoms with Crippen LogP contribution in [0.15, 0.2) is 12.3 Å². The molecule has 8 heteroatoms. The Morgan fingerprint density at radius 1 is 1.27 bits per heavy atom. The van der Waals surface area contributed by atoms with Gasteiger partial charge in [0.1, 0.15) is 6.42 Å². The van der Waals surface area contributed by atoms with Gasteiger partial charge in [-0.05, 0) is 6.92 Å². The van der Waals surface area contributed by atoms with E-state index in [2.05, 4.69) is 19.8 Å². The number of carbonyl (C=O) groups excluding carboxylic acids is 3. The number of Topliss-reactive ketones (excluding diaryl/α,β-unsaturated/α-hetero) is 1. The molecule has 1 aromatic heterocycles. The SMILES string of the molecule is CCOC(=O)CC(=O)CNc1cnc(OC)cc1C(=O)OC. The lowest BCUT2D eigenvalue weighted by atomic mass is 10.2. The monoisotopic (exact) mass is 310 g/mol. The molecule has 0 radical (unpaired) electrons. The molecule has 0 saturated heterocycles. The van der Waals surface area contributed by atoms with Crippen molar-refractivity contribution in [2.45, 2.75) is 13.3 Å². The first-order valence-electron chi connectivity index (χ1n) is 6.55. The molecule has 0 amide bonds. The largest absolute Gasteiger partial charge is 0.481 e. The van der Waals surface area contributed by atoms with E-state index in [1.165, 1.54) is 26.5 Å². The summed E-state index contributed by atoms with van der Waals surface area (Å²) < 4.78 is 14.3. The molecule has 8 nitrogen and oxygen atoms in total. The molecule has 1 rings (SSSR count). The van der Waals surface area contributed by atoms with Gasteiger partial charge in [0.2, 0.25) is 5.88 Å². The number of carbonyl (C=O) groups is 3. The molecular weight excluding hydrogens is 292 g/mol. The van der Waals surface area contributed by atoms with Crippen molar-refractivity contribution >= 4 is 23.4 Å². The Hall–Kier alpha value is -2.64. The van der Waals surface area contributed by atoms with E-state index in [0.717, 1.165) is 0 Å². The molecule has 1 N–H and O–H groups in total. The van der Waals surface area contributed by atoms with Gasteiger partial charge in [-0.2, -0.15) is 0 Å². The number of aromatic nitrogens is 1. The molecule has 22 heavy (non-hydrogen) atoms. The Morgan fingerprint density at radius 3 is 2.59 bits per heavy atom. The van der Waals surface area contributed by atoms with E-state index in [9.17, 15) is 14.4 Å². The number of esters is 2. The molecule has 120 valence electrons. The predicted octanol–water partition coefficient (Wildman–Crippen LogP) is 0.811. The highest BCUT2D eigenvalue weighted by molar-refractivity contribution is 5.99. The van der Waals surface area contributed by atoms with Gasteiger partial charge >= 0.3 is 11.9 Å². The number of rotatable bonds is 8. The van der Waals surface area contributed by atoms with E-state index in [1.54, 1.807) is 6.92 Å². The fourth-order valence-electron chi connectivity index (χ4n) is 1.60. The van der Waals surface area contributed by atoms with Crippen molar-refractivity contribution in [2.75, 3.05) is 32.7 Å². The number of pyridine rings is 1. The predicted molar refractivity (Wildman–Crippen MR) is 76.9 cm³/mol. The van der Waals surface area contributed by atoms with Gasteiger partial charge in [-0.1, -0.05) is 0 Å². The lowest BCUT2D eigenvalue weighted by Crippen LogP contribution is -2.20. The van der Waals surface area contributed by atoms with Crippen LogP contribution < -0.4 is 10.1 Å². The summed E-state index contributed by atoms with van der Waals surface area (Å²) in [5.41, 5.74) is 0.489. The van der Waals surface area contributed by atoms with Gasteiger partial charge in [0.15, 0.2) is 5.78 Å². The van der Waals surface area contributed by atoms with Crippen LogP contribution in [0.5, 0.6) is 5.88 Å². The minimum Gasteiger partial charge on any atom is -0.481 e. The van der Waals surface area contributed by atoms with Crippen LogP contribution in [0, 0.1) is 0 Å². The highest BCUT2D eigenvalue weighted by Gasteiger charge is 2.16. The molecule has 0 atom stereocenters. The zero-order valence-corrected chi connectivity index (χ0v) is 12.7. The summed E-state index contributed by atoms with van der Waals surface area (Å²) in [6.07, 6.45) is 1.01. The number of hydrogen-bond donors (Lipinski definition) is 1. The summed E-state index contributed by atoms with van der Waals surface area (Å²) >= 11 is 0. The normalized spacial score (nSPS) is 9.77. The molecular formula is C14H18N2O6. The number of nitrogens with zero attached hydrogens (tertiary/aromatic N) is 1. The molecule has 0 saturated carbocycles. The molecule has 1 heterocycles. The summed E-state index contributed by atoms with van der Waals surface area (Å²) in [5.74, 6) is -1.31. The van der Waals surface area contributed by atoms with E-state index in [-0.39, 0.29) is 36.8 Å². The van der Waals surface area contributed by atoms with E-state index < -0.39 is 11.9 Å². The Balaban J connectivity index is 2.74. The van der Waals surface area contributed by atoms with E-state index in [0.29, 0.717) is 5.69 Å². The van der Waals surface area contributed by atoms with Crippen LogP contribution in [0.4, 0.5) is 5.69 Å². The number of nitrogens with one attached hydrogen (secondary N) is 1. The molecule has 0 aromatic carbocycles. The third-order valence-electron chi connectivity index (χ3n) is 2.62. The maximum Gasteiger partial charge on any atom is 0.340 e. The van der Waals surface area contributed by atoms with E-state index >= 15 is 0 Å². The van der Waals surface area contributed by atoms with Crippen molar-refractivity contribution in [3.05, 3.63) is 17.8 Å². The molecule has 0 spiro atoms. The smallest absolute Gasteiger partial charge is 0.340 e. The number of methoxy groups -OCH3 is 2. The maximum atomic E-state index is 11.7. The van der Waals surface area contributed by atoms with E-state index in [1.807, 2.05) is 0 Å². The third-order valence-corrected chi connectivity index (χ3v) is 2.62. The summed E-state index contributed by atoms with van der Waals surface area (Å²) in [4.78, 5) is 38.5. The zero-order valence-electron chi connectivity index (χ0n) is 12.7. The molecule has 1 aromatic rings. The first-order chi connectivity index (χ1) is 10.5. The van der Waals surface area contributed by atoms with Crippen LogP contribution in [0.2, 0.25) is 0 Å². The molecule has 0 fully saturated rings. The van der Waals surface area contributed by atoms with Crippen molar-refractivity contribution in [2.24, 2.45) is 0 Å². The number of ketones is 1. The molecule has 0 aliphatic heterocycles. The summed E-state index contributed by atoms with van der Waals surface area (Å²) in [6.45, 7) is 1.73. The van der Waals surface area contributed by atoms with Crippen LogP contribution in [0.3, 0.4) is 0 Å². The average Bonchev–Trinajstić information content (AvgIpc) is 2.52. The Kier molecular flexibility index (Phi) is 6.81. The standard InChI is InChI=1S/C14H18N2O6/c1-4-22-13(18)5-9(17)7-15-11-8-16-12(20-2)6-10(11)14(19)21-3/h6,8,15H,4-5,7H2,1-3H3. The fourth-order valence-corrected chi connectivity index (χ4v) is 1.60. The second kappa shape index (κ2) is 8.60. The van der Waals surface area contributed by atoms with Gasteiger partial charge in [-0.25, -0.2) is 9.78 Å². The first-order valence-corrected chi connectivity index (χ1v) is 6.55. The summed E-state index contributed by atoms with van der Waals surface area (Å²) in [5, 5.41) is 2.75. The first kappa shape index (κ1) is 17.4. The molecule has 0 aliphatic carbocycles. The summed E-state index contributed by atoms with van der Waals surface area (Å²) in [7, 11) is 2.66.